The Kier molecular flexibility index (Phi) is 5.30. The number of nitrogens with zero attached hydrogens (tertiary/aromatic N) is 1. The Morgan fingerprint density at radius 1 is 1.56 bits per heavy atom. The Labute approximate surface area is 105 Å². The summed E-state index contributed by atoms with van der Waals surface area (Å²) in [6.45, 7) is 2.89. The Balaban J connectivity index is 2.95. The summed E-state index contributed by atoms with van der Waals surface area (Å²) in [5.74, 6) is 0.761. The lowest BCUT2D eigenvalue weighted by Crippen LogP contribution is -2.21. The van der Waals surface area contributed by atoms with Crippen LogP contribution in [0.5, 0.6) is 5.75 Å². The summed E-state index contributed by atoms with van der Waals surface area (Å²) in [5.41, 5.74) is 0.912. The van der Waals surface area contributed by atoms with Crippen molar-refractivity contribution in [3.8, 4) is 11.8 Å². The fourth-order valence-corrected chi connectivity index (χ4v) is 1.86. The number of nitriles is 1. The SMILES string of the molecule is CCCNC(C#N)c1cc(OC)ccc1Br. The molecule has 0 radical (unpaired) electrons. The van der Waals surface area contributed by atoms with Crippen LogP contribution in [0.1, 0.15) is 24.9 Å². The van der Waals surface area contributed by atoms with Gasteiger partial charge in [-0.3, -0.25) is 5.32 Å². The van der Waals surface area contributed by atoms with Crippen LogP contribution in [-0.2, 0) is 0 Å². The molecular formula is C12H15BrN2O. The third-order valence-corrected chi connectivity index (χ3v) is 2.96. The fraction of sp³-hybridized carbons (Fsp3) is 0.417. The summed E-state index contributed by atoms with van der Waals surface area (Å²) in [4.78, 5) is 0. The third kappa shape index (κ3) is 3.22. The van der Waals surface area contributed by atoms with Gasteiger partial charge in [0.25, 0.3) is 0 Å². The van der Waals surface area contributed by atoms with Gasteiger partial charge in [-0.2, -0.15) is 5.26 Å². The zero-order valence-corrected chi connectivity index (χ0v) is 11.0. The van der Waals surface area contributed by atoms with E-state index in [9.17, 15) is 0 Å². The van der Waals surface area contributed by atoms with Crippen LogP contribution < -0.4 is 10.1 Å². The molecule has 1 aromatic carbocycles. The number of halogens is 1. The maximum Gasteiger partial charge on any atom is 0.122 e. The molecule has 0 saturated carbocycles. The van der Waals surface area contributed by atoms with Gasteiger partial charge in [-0.25, -0.2) is 0 Å². The van der Waals surface area contributed by atoms with Gasteiger partial charge >= 0.3 is 0 Å². The summed E-state index contributed by atoms with van der Waals surface area (Å²) in [6.07, 6.45) is 1.000. The van der Waals surface area contributed by atoms with Crippen LogP contribution in [0.15, 0.2) is 22.7 Å². The van der Waals surface area contributed by atoms with Gasteiger partial charge in [0.15, 0.2) is 0 Å². The van der Waals surface area contributed by atoms with Gasteiger partial charge in [-0.05, 0) is 31.2 Å². The zero-order chi connectivity index (χ0) is 12.0. The first-order valence-electron chi connectivity index (χ1n) is 5.19. The molecule has 86 valence electrons. The average molecular weight is 283 g/mol. The molecule has 4 heteroatoms. The van der Waals surface area contributed by atoms with E-state index in [0.717, 1.165) is 28.8 Å². The van der Waals surface area contributed by atoms with Crippen LogP contribution in [0.25, 0.3) is 0 Å². The molecule has 0 aromatic heterocycles. The maximum atomic E-state index is 9.12. The highest BCUT2D eigenvalue weighted by Gasteiger charge is 2.13. The largest absolute Gasteiger partial charge is 0.497 e. The predicted molar refractivity (Wildman–Crippen MR) is 67.3 cm³/mol. The highest BCUT2D eigenvalue weighted by molar-refractivity contribution is 9.10. The van der Waals surface area contributed by atoms with E-state index in [2.05, 4.69) is 34.2 Å². The van der Waals surface area contributed by atoms with Crippen LogP contribution in [0.4, 0.5) is 0 Å². The van der Waals surface area contributed by atoms with E-state index in [1.54, 1.807) is 7.11 Å². The van der Waals surface area contributed by atoms with Crippen LogP contribution in [0.2, 0.25) is 0 Å². The molecule has 0 amide bonds. The first-order valence-corrected chi connectivity index (χ1v) is 5.98. The van der Waals surface area contributed by atoms with Gasteiger partial charge in [0.2, 0.25) is 0 Å². The lowest BCUT2D eigenvalue weighted by molar-refractivity contribution is 0.413. The van der Waals surface area contributed by atoms with E-state index in [1.807, 2.05) is 18.2 Å². The second-order valence-electron chi connectivity index (χ2n) is 3.40. The van der Waals surface area contributed by atoms with E-state index in [0.29, 0.717) is 0 Å². The van der Waals surface area contributed by atoms with Gasteiger partial charge in [0.1, 0.15) is 11.8 Å². The molecule has 1 N–H and O–H groups in total. The molecule has 0 heterocycles. The van der Waals surface area contributed by atoms with E-state index in [1.165, 1.54) is 0 Å². The third-order valence-electron chi connectivity index (χ3n) is 2.24. The van der Waals surface area contributed by atoms with Gasteiger partial charge in [0, 0.05) is 10.0 Å². The van der Waals surface area contributed by atoms with Crippen molar-refractivity contribution in [2.24, 2.45) is 0 Å². The first kappa shape index (κ1) is 13.0. The van der Waals surface area contributed by atoms with E-state index < -0.39 is 0 Å². The monoisotopic (exact) mass is 282 g/mol. The van der Waals surface area contributed by atoms with E-state index in [-0.39, 0.29) is 6.04 Å². The summed E-state index contributed by atoms with van der Waals surface area (Å²) in [5, 5.41) is 12.3. The second-order valence-corrected chi connectivity index (χ2v) is 4.26. The molecule has 0 bridgehead atoms. The molecule has 0 spiro atoms. The molecular weight excluding hydrogens is 268 g/mol. The lowest BCUT2D eigenvalue weighted by Gasteiger charge is -2.14. The summed E-state index contributed by atoms with van der Waals surface area (Å²) >= 11 is 3.45. The standard InChI is InChI=1S/C12H15BrN2O/c1-3-6-15-12(8-14)10-7-9(16-2)4-5-11(10)13/h4-5,7,12,15H,3,6H2,1-2H3. The van der Waals surface area contributed by atoms with Crippen molar-refractivity contribution in [2.45, 2.75) is 19.4 Å². The average Bonchev–Trinajstić information content (AvgIpc) is 2.32. The smallest absolute Gasteiger partial charge is 0.122 e. The Hall–Kier alpha value is -1.05. The van der Waals surface area contributed by atoms with Crippen molar-refractivity contribution in [2.75, 3.05) is 13.7 Å². The number of methoxy groups -OCH3 is 1. The molecule has 1 aromatic rings. The molecule has 0 aliphatic rings. The molecule has 16 heavy (non-hydrogen) atoms. The van der Waals surface area contributed by atoms with Gasteiger partial charge in [-0.1, -0.05) is 22.9 Å². The minimum absolute atomic E-state index is 0.301. The minimum Gasteiger partial charge on any atom is -0.497 e. The van der Waals surface area contributed by atoms with Crippen molar-refractivity contribution in [1.82, 2.24) is 5.32 Å². The number of hydrogen-bond acceptors (Lipinski definition) is 3. The Morgan fingerprint density at radius 3 is 2.88 bits per heavy atom. The number of nitrogens with one attached hydrogen (secondary N) is 1. The van der Waals surface area contributed by atoms with Crippen LogP contribution >= 0.6 is 15.9 Å². The Bertz CT molecular complexity index is 387. The number of rotatable bonds is 5. The fourth-order valence-electron chi connectivity index (χ4n) is 1.38. The molecule has 1 rings (SSSR count). The van der Waals surface area contributed by atoms with Crippen LogP contribution in [0, 0.1) is 11.3 Å². The molecule has 0 fully saturated rings. The summed E-state index contributed by atoms with van der Waals surface area (Å²) in [7, 11) is 1.62. The van der Waals surface area contributed by atoms with E-state index in [4.69, 9.17) is 10.00 Å². The highest BCUT2D eigenvalue weighted by atomic mass is 79.9. The van der Waals surface area contributed by atoms with Gasteiger partial charge < -0.3 is 4.74 Å². The maximum absolute atomic E-state index is 9.12. The first-order chi connectivity index (χ1) is 7.72. The summed E-state index contributed by atoms with van der Waals surface area (Å²) in [6, 6.07) is 7.58. The van der Waals surface area contributed by atoms with Crippen LogP contribution in [0.3, 0.4) is 0 Å². The number of ether oxygens (including phenoxy) is 1. The molecule has 0 aliphatic carbocycles. The van der Waals surface area contributed by atoms with Crippen molar-refractivity contribution in [1.29, 1.82) is 5.26 Å². The molecule has 3 nitrogen and oxygen atoms in total. The lowest BCUT2D eigenvalue weighted by atomic mass is 10.1. The summed E-state index contributed by atoms with van der Waals surface area (Å²) < 4.78 is 6.07. The second kappa shape index (κ2) is 6.51. The quantitative estimate of drug-likeness (QED) is 0.903. The normalized spacial score (nSPS) is 11.9. The minimum atomic E-state index is -0.301. The number of benzene rings is 1. The Morgan fingerprint density at radius 2 is 2.31 bits per heavy atom. The molecule has 0 aliphatic heterocycles. The highest BCUT2D eigenvalue weighted by Crippen LogP contribution is 2.27. The molecule has 1 atom stereocenters. The van der Waals surface area contributed by atoms with E-state index >= 15 is 0 Å². The van der Waals surface area contributed by atoms with Gasteiger partial charge in [-0.15, -0.1) is 0 Å². The van der Waals surface area contributed by atoms with Crippen LogP contribution in [-0.4, -0.2) is 13.7 Å². The van der Waals surface area contributed by atoms with Crippen molar-refractivity contribution in [3.63, 3.8) is 0 Å². The van der Waals surface area contributed by atoms with Crippen molar-refractivity contribution < 1.29 is 4.74 Å². The zero-order valence-electron chi connectivity index (χ0n) is 9.46. The van der Waals surface area contributed by atoms with Crippen molar-refractivity contribution >= 4 is 15.9 Å². The predicted octanol–water partition coefficient (Wildman–Crippen LogP) is 3.02. The number of hydrogen-bond donors (Lipinski definition) is 1. The topological polar surface area (TPSA) is 45.0 Å². The van der Waals surface area contributed by atoms with Crippen molar-refractivity contribution in [3.05, 3.63) is 28.2 Å². The molecule has 1 unspecified atom stereocenters. The molecule has 0 saturated heterocycles. The van der Waals surface area contributed by atoms with Gasteiger partial charge in [0.05, 0.1) is 13.2 Å².